The van der Waals surface area contributed by atoms with Gasteiger partial charge in [0.15, 0.2) is 0 Å². The summed E-state index contributed by atoms with van der Waals surface area (Å²) < 4.78 is 26.9. The maximum absolute atomic E-state index is 12.8. The third-order valence-corrected chi connectivity index (χ3v) is 6.62. The lowest BCUT2D eigenvalue weighted by Gasteiger charge is -2.20. The van der Waals surface area contributed by atoms with Gasteiger partial charge >= 0.3 is 0 Å². The fraction of sp³-hybridized carbons (Fsp3) is 0.174. The van der Waals surface area contributed by atoms with Crippen molar-refractivity contribution in [3.63, 3.8) is 0 Å². The maximum Gasteiger partial charge on any atom is 0.264 e. The Morgan fingerprint density at radius 1 is 0.800 bits per heavy atom. The van der Waals surface area contributed by atoms with Crippen LogP contribution < -0.4 is 14.5 Å². The molecule has 0 heterocycles. The van der Waals surface area contributed by atoms with Crippen LogP contribution in [-0.4, -0.2) is 41.5 Å². The van der Waals surface area contributed by atoms with Gasteiger partial charge in [0, 0.05) is 38.4 Å². The first-order valence-electron chi connectivity index (χ1n) is 9.58. The molecule has 7 heteroatoms. The number of hydrogen-bond acceptors (Lipinski definition) is 4. The molecule has 0 atom stereocenters. The van der Waals surface area contributed by atoms with Gasteiger partial charge in [-0.05, 0) is 48.5 Å². The molecule has 0 fully saturated rings. The van der Waals surface area contributed by atoms with Crippen LogP contribution in [0.4, 0.5) is 11.4 Å². The van der Waals surface area contributed by atoms with E-state index in [0.717, 1.165) is 5.69 Å². The predicted molar refractivity (Wildman–Crippen MR) is 121 cm³/mol. The summed E-state index contributed by atoms with van der Waals surface area (Å²) in [7, 11) is -0.227. The first-order chi connectivity index (χ1) is 14.4. The Balaban J connectivity index is 1.60. The van der Waals surface area contributed by atoms with Gasteiger partial charge in [-0.3, -0.25) is 9.10 Å². The molecule has 1 N–H and O–H groups in total. The number of carbonyl (C=O) groups is 1. The minimum absolute atomic E-state index is 0.134. The summed E-state index contributed by atoms with van der Waals surface area (Å²) >= 11 is 0. The molecule has 156 valence electrons. The molecular weight excluding hydrogens is 398 g/mol. The van der Waals surface area contributed by atoms with E-state index in [2.05, 4.69) is 10.2 Å². The molecule has 30 heavy (non-hydrogen) atoms. The van der Waals surface area contributed by atoms with Gasteiger partial charge in [0.1, 0.15) is 0 Å². The normalized spacial score (nSPS) is 11.0. The Hall–Kier alpha value is -3.32. The van der Waals surface area contributed by atoms with E-state index in [0.29, 0.717) is 24.3 Å². The molecular formula is C23H25N3O3S. The fourth-order valence-electron chi connectivity index (χ4n) is 2.96. The topological polar surface area (TPSA) is 69.7 Å². The minimum atomic E-state index is -3.70. The molecule has 0 saturated heterocycles. The van der Waals surface area contributed by atoms with Crippen molar-refractivity contribution in [2.75, 3.05) is 36.4 Å². The van der Waals surface area contributed by atoms with Gasteiger partial charge in [0.05, 0.1) is 10.6 Å². The lowest BCUT2D eigenvalue weighted by molar-refractivity contribution is 0.0954. The third kappa shape index (κ3) is 4.99. The van der Waals surface area contributed by atoms with Crippen LogP contribution in [0.3, 0.4) is 0 Å². The first-order valence-corrected chi connectivity index (χ1v) is 11.0. The zero-order chi connectivity index (χ0) is 21.6. The number of nitrogens with zero attached hydrogens (tertiary/aromatic N) is 2. The fourth-order valence-corrected chi connectivity index (χ4v) is 4.16. The average molecular weight is 424 g/mol. The number of hydrogen-bond donors (Lipinski definition) is 1. The predicted octanol–water partition coefficient (Wildman–Crippen LogP) is 3.38. The van der Waals surface area contributed by atoms with Crippen molar-refractivity contribution in [3.8, 4) is 0 Å². The highest BCUT2D eigenvalue weighted by molar-refractivity contribution is 7.92. The second-order valence-corrected chi connectivity index (χ2v) is 8.81. The molecule has 6 nitrogen and oxygen atoms in total. The van der Waals surface area contributed by atoms with Crippen LogP contribution >= 0.6 is 0 Å². The standard InChI is InChI=1S/C23H25N3O3S/c1-25(20-9-5-3-6-10-20)18-17-24-23(27)19-13-15-22(16-14-19)30(28,29)26(2)21-11-7-4-8-12-21/h3-16H,17-18H2,1-2H3,(H,24,27). The summed E-state index contributed by atoms with van der Waals surface area (Å²) in [4.78, 5) is 14.6. The van der Waals surface area contributed by atoms with Crippen molar-refractivity contribution in [1.29, 1.82) is 0 Å². The molecule has 0 spiro atoms. The van der Waals surface area contributed by atoms with E-state index in [9.17, 15) is 13.2 Å². The number of rotatable bonds is 8. The molecule has 0 aliphatic heterocycles. The van der Waals surface area contributed by atoms with Gasteiger partial charge in [-0.1, -0.05) is 36.4 Å². The van der Waals surface area contributed by atoms with Crippen molar-refractivity contribution in [2.45, 2.75) is 4.90 Å². The van der Waals surface area contributed by atoms with Crippen molar-refractivity contribution < 1.29 is 13.2 Å². The summed E-state index contributed by atoms with van der Waals surface area (Å²) in [6, 6.07) is 24.7. The van der Waals surface area contributed by atoms with E-state index in [1.165, 1.54) is 35.6 Å². The highest BCUT2D eigenvalue weighted by atomic mass is 32.2. The van der Waals surface area contributed by atoms with Crippen molar-refractivity contribution in [1.82, 2.24) is 5.32 Å². The highest BCUT2D eigenvalue weighted by Gasteiger charge is 2.21. The monoisotopic (exact) mass is 423 g/mol. The van der Waals surface area contributed by atoms with E-state index in [-0.39, 0.29) is 10.8 Å². The van der Waals surface area contributed by atoms with Gasteiger partial charge in [-0.2, -0.15) is 0 Å². The number of carbonyl (C=O) groups excluding carboxylic acids is 1. The number of nitrogens with one attached hydrogen (secondary N) is 1. The van der Waals surface area contributed by atoms with E-state index < -0.39 is 10.0 Å². The molecule has 0 radical (unpaired) electrons. The van der Waals surface area contributed by atoms with Crippen LogP contribution in [0.2, 0.25) is 0 Å². The van der Waals surface area contributed by atoms with E-state index in [4.69, 9.17) is 0 Å². The Morgan fingerprint density at radius 2 is 1.33 bits per heavy atom. The summed E-state index contributed by atoms with van der Waals surface area (Å²) in [5, 5.41) is 2.87. The molecule has 3 rings (SSSR count). The van der Waals surface area contributed by atoms with E-state index in [1.807, 2.05) is 43.4 Å². The first kappa shape index (κ1) is 21.4. The second kappa shape index (κ2) is 9.45. The largest absolute Gasteiger partial charge is 0.373 e. The molecule has 0 aromatic heterocycles. The minimum Gasteiger partial charge on any atom is -0.373 e. The second-order valence-electron chi connectivity index (χ2n) is 6.85. The molecule has 0 saturated carbocycles. The van der Waals surface area contributed by atoms with Gasteiger partial charge in [0.25, 0.3) is 15.9 Å². The van der Waals surface area contributed by atoms with Crippen LogP contribution in [0.15, 0.2) is 89.8 Å². The Bertz CT molecular complexity index is 1070. The Morgan fingerprint density at radius 3 is 1.90 bits per heavy atom. The third-order valence-electron chi connectivity index (χ3n) is 4.82. The molecule has 0 aliphatic rings. The van der Waals surface area contributed by atoms with Crippen molar-refractivity contribution in [2.24, 2.45) is 0 Å². The number of likely N-dealkylation sites (N-methyl/N-ethyl adjacent to an activating group) is 1. The van der Waals surface area contributed by atoms with Crippen LogP contribution in [0.1, 0.15) is 10.4 Å². The number of amides is 1. The van der Waals surface area contributed by atoms with Crippen LogP contribution in [-0.2, 0) is 10.0 Å². The molecule has 3 aromatic carbocycles. The Kier molecular flexibility index (Phi) is 6.74. The van der Waals surface area contributed by atoms with Crippen LogP contribution in [0.5, 0.6) is 0 Å². The van der Waals surface area contributed by atoms with Gasteiger partial charge in [-0.15, -0.1) is 0 Å². The highest BCUT2D eigenvalue weighted by Crippen LogP contribution is 2.21. The SMILES string of the molecule is CN(CCNC(=O)c1ccc(S(=O)(=O)N(C)c2ccccc2)cc1)c1ccccc1. The van der Waals surface area contributed by atoms with Gasteiger partial charge in [0.2, 0.25) is 0 Å². The Labute approximate surface area is 177 Å². The van der Waals surface area contributed by atoms with Gasteiger partial charge in [-0.25, -0.2) is 8.42 Å². The molecule has 0 aliphatic carbocycles. The van der Waals surface area contributed by atoms with Crippen molar-refractivity contribution in [3.05, 3.63) is 90.5 Å². The zero-order valence-corrected chi connectivity index (χ0v) is 17.8. The summed E-state index contributed by atoms with van der Waals surface area (Å²) in [6.07, 6.45) is 0. The molecule has 3 aromatic rings. The van der Waals surface area contributed by atoms with Crippen LogP contribution in [0, 0.1) is 0 Å². The summed E-state index contributed by atoms with van der Waals surface area (Å²) in [5.41, 5.74) is 2.06. The maximum atomic E-state index is 12.8. The number of para-hydroxylation sites is 2. The average Bonchev–Trinajstić information content (AvgIpc) is 2.79. The summed E-state index contributed by atoms with van der Waals surface area (Å²) in [5.74, 6) is -0.239. The van der Waals surface area contributed by atoms with Crippen LogP contribution in [0.25, 0.3) is 0 Å². The van der Waals surface area contributed by atoms with Crippen molar-refractivity contribution >= 4 is 27.3 Å². The molecule has 1 amide bonds. The smallest absolute Gasteiger partial charge is 0.264 e. The quantitative estimate of drug-likeness (QED) is 0.603. The number of benzene rings is 3. The number of sulfonamides is 1. The lowest BCUT2D eigenvalue weighted by atomic mass is 10.2. The van der Waals surface area contributed by atoms with E-state index >= 15 is 0 Å². The van der Waals surface area contributed by atoms with E-state index in [1.54, 1.807) is 24.3 Å². The number of anilines is 2. The summed E-state index contributed by atoms with van der Waals surface area (Å²) in [6.45, 7) is 1.13. The molecule has 0 unspecified atom stereocenters. The molecule has 0 bridgehead atoms. The lowest BCUT2D eigenvalue weighted by Crippen LogP contribution is -2.33. The van der Waals surface area contributed by atoms with Gasteiger partial charge < -0.3 is 10.2 Å². The zero-order valence-electron chi connectivity index (χ0n) is 17.0.